The lowest BCUT2D eigenvalue weighted by Crippen LogP contribution is -2.36. The van der Waals surface area contributed by atoms with E-state index in [-0.39, 0.29) is 23.5 Å². The largest absolute Gasteiger partial charge is 0.345 e. The van der Waals surface area contributed by atoms with Crippen LogP contribution >= 0.6 is 0 Å². The molecule has 1 fully saturated rings. The fraction of sp³-hybridized carbons (Fsp3) is 0.476. The van der Waals surface area contributed by atoms with Crippen LogP contribution in [0.2, 0.25) is 0 Å². The number of halogens is 1. The van der Waals surface area contributed by atoms with Crippen molar-refractivity contribution in [2.75, 3.05) is 6.54 Å². The molecule has 2 aromatic rings. The van der Waals surface area contributed by atoms with Gasteiger partial charge in [0.2, 0.25) is 0 Å². The second kappa shape index (κ2) is 8.46. The van der Waals surface area contributed by atoms with E-state index in [4.69, 9.17) is 0 Å². The molecule has 1 unspecified atom stereocenters. The molecule has 5 nitrogen and oxygen atoms in total. The van der Waals surface area contributed by atoms with E-state index in [1.54, 1.807) is 17.0 Å². The van der Waals surface area contributed by atoms with Crippen molar-refractivity contribution in [3.63, 3.8) is 0 Å². The first-order valence-electron chi connectivity index (χ1n) is 9.60. The third-order valence-electron chi connectivity index (χ3n) is 4.89. The SMILES string of the molecule is CC(C)Cc1cc(C(=O)N2CCCCCC2c2cccc(F)c2)nc(=O)[nH]1. The Morgan fingerprint density at radius 1 is 1.30 bits per heavy atom. The van der Waals surface area contributed by atoms with Gasteiger partial charge >= 0.3 is 5.69 Å². The molecule has 1 amide bonds. The minimum atomic E-state index is -0.506. The van der Waals surface area contributed by atoms with E-state index in [1.807, 2.05) is 6.07 Å². The van der Waals surface area contributed by atoms with Crippen molar-refractivity contribution in [3.05, 3.63) is 63.6 Å². The van der Waals surface area contributed by atoms with Crippen molar-refractivity contribution < 1.29 is 9.18 Å². The van der Waals surface area contributed by atoms with Gasteiger partial charge in [-0.15, -0.1) is 0 Å². The van der Waals surface area contributed by atoms with Crippen molar-refractivity contribution in [3.8, 4) is 0 Å². The van der Waals surface area contributed by atoms with Gasteiger partial charge in [0.1, 0.15) is 11.5 Å². The van der Waals surface area contributed by atoms with Crippen LogP contribution < -0.4 is 5.69 Å². The minimum Gasteiger partial charge on any atom is -0.330 e. The number of aromatic nitrogens is 2. The van der Waals surface area contributed by atoms with Gasteiger partial charge in [-0.3, -0.25) is 4.79 Å². The van der Waals surface area contributed by atoms with Crippen LogP contribution in [0.1, 0.15) is 67.3 Å². The number of hydrogen-bond acceptors (Lipinski definition) is 3. The number of H-pyrrole nitrogens is 1. The molecule has 144 valence electrons. The van der Waals surface area contributed by atoms with Gasteiger partial charge in [-0.05, 0) is 48.9 Å². The number of carbonyl (C=O) groups is 1. The van der Waals surface area contributed by atoms with Crippen molar-refractivity contribution in [1.29, 1.82) is 0 Å². The van der Waals surface area contributed by atoms with Gasteiger partial charge in [0, 0.05) is 12.2 Å². The maximum absolute atomic E-state index is 13.7. The average molecular weight is 371 g/mol. The van der Waals surface area contributed by atoms with E-state index in [1.165, 1.54) is 12.1 Å². The van der Waals surface area contributed by atoms with Gasteiger partial charge in [0.25, 0.3) is 5.91 Å². The monoisotopic (exact) mass is 371 g/mol. The first-order chi connectivity index (χ1) is 12.9. The summed E-state index contributed by atoms with van der Waals surface area (Å²) in [5.41, 5.74) is 1.16. The van der Waals surface area contributed by atoms with Crippen LogP contribution in [0.4, 0.5) is 4.39 Å². The summed E-state index contributed by atoms with van der Waals surface area (Å²) >= 11 is 0. The molecule has 3 rings (SSSR count). The smallest absolute Gasteiger partial charge is 0.330 e. The summed E-state index contributed by atoms with van der Waals surface area (Å²) in [5.74, 6) is -0.218. The van der Waals surface area contributed by atoms with Gasteiger partial charge in [-0.2, -0.15) is 4.98 Å². The molecular weight excluding hydrogens is 345 g/mol. The zero-order valence-corrected chi connectivity index (χ0v) is 15.9. The fourth-order valence-corrected chi connectivity index (χ4v) is 3.73. The Balaban J connectivity index is 1.95. The molecule has 1 atom stereocenters. The molecule has 2 heterocycles. The Hall–Kier alpha value is -2.50. The van der Waals surface area contributed by atoms with Crippen LogP contribution in [-0.2, 0) is 6.42 Å². The van der Waals surface area contributed by atoms with Crippen molar-refractivity contribution in [1.82, 2.24) is 14.9 Å². The highest BCUT2D eigenvalue weighted by Crippen LogP contribution is 2.31. The lowest BCUT2D eigenvalue weighted by atomic mass is 10.00. The number of aromatic amines is 1. The molecular formula is C21H26FN3O2. The van der Waals surface area contributed by atoms with Gasteiger partial charge in [-0.1, -0.05) is 38.8 Å². The molecule has 6 heteroatoms. The van der Waals surface area contributed by atoms with Gasteiger partial charge < -0.3 is 9.88 Å². The topological polar surface area (TPSA) is 66.1 Å². The maximum Gasteiger partial charge on any atom is 0.345 e. The van der Waals surface area contributed by atoms with Crippen LogP contribution in [0.25, 0.3) is 0 Å². The van der Waals surface area contributed by atoms with Gasteiger partial charge in [0.15, 0.2) is 0 Å². The Bertz CT molecular complexity index is 863. The van der Waals surface area contributed by atoms with E-state index in [0.29, 0.717) is 24.6 Å². The van der Waals surface area contributed by atoms with Crippen molar-refractivity contribution in [2.24, 2.45) is 5.92 Å². The molecule has 0 bridgehead atoms. The van der Waals surface area contributed by atoms with E-state index < -0.39 is 5.69 Å². The van der Waals surface area contributed by atoms with Gasteiger partial charge in [0.05, 0.1) is 6.04 Å². The second-order valence-corrected chi connectivity index (χ2v) is 7.61. The molecule has 0 spiro atoms. The van der Waals surface area contributed by atoms with Crippen molar-refractivity contribution >= 4 is 5.91 Å². The van der Waals surface area contributed by atoms with Crippen LogP contribution in [0.15, 0.2) is 35.1 Å². The van der Waals surface area contributed by atoms with Crippen molar-refractivity contribution in [2.45, 2.75) is 52.0 Å². The first-order valence-corrected chi connectivity index (χ1v) is 9.60. The summed E-state index contributed by atoms with van der Waals surface area (Å²) in [4.78, 5) is 33.6. The number of nitrogens with one attached hydrogen (secondary N) is 1. The molecule has 1 saturated heterocycles. The third-order valence-corrected chi connectivity index (χ3v) is 4.89. The molecule has 0 aliphatic carbocycles. The third kappa shape index (κ3) is 4.81. The molecule has 1 aliphatic rings. The predicted molar refractivity (Wildman–Crippen MR) is 102 cm³/mol. The number of rotatable bonds is 4. The van der Waals surface area contributed by atoms with E-state index in [9.17, 15) is 14.0 Å². The molecule has 27 heavy (non-hydrogen) atoms. The average Bonchev–Trinajstić information content (AvgIpc) is 2.86. The Morgan fingerprint density at radius 3 is 2.85 bits per heavy atom. The zero-order chi connectivity index (χ0) is 19.4. The summed E-state index contributed by atoms with van der Waals surface area (Å²) in [6, 6.07) is 7.90. The number of benzene rings is 1. The van der Waals surface area contributed by atoms with Crippen LogP contribution in [-0.4, -0.2) is 27.3 Å². The standard InChI is InChI=1S/C21H26FN3O2/c1-14(2)11-17-13-18(24-21(27)23-17)20(26)25-10-5-3-4-9-19(25)15-7-6-8-16(22)12-15/h6-8,12-14,19H,3-5,9-11H2,1-2H3,(H,23,24,27). The Labute approximate surface area is 158 Å². The number of amides is 1. The zero-order valence-electron chi connectivity index (χ0n) is 15.9. The Morgan fingerprint density at radius 2 is 2.11 bits per heavy atom. The number of nitrogens with zero attached hydrogens (tertiary/aromatic N) is 2. The highest BCUT2D eigenvalue weighted by atomic mass is 19.1. The van der Waals surface area contributed by atoms with E-state index in [2.05, 4.69) is 23.8 Å². The number of likely N-dealkylation sites (tertiary alicyclic amines) is 1. The molecule has 1 aromatic heterocycles. The highest BCUT2D eigenvalue weighted by molar-refractivity contribution is 5.92. The second-order valence-electron chi connectivity index (χ2n) is 7.61. The van der Waals surface area contributed by atoms with Crippen LogP contribution in [0, 0.1) is 11.7 Å². The number of carbonyl (C=O) groups excluding carboxylic acids is 1. The summed E-state index contributed by atoms with van der Waals surface area (Å²) in [6.07, 6.45) is 4.34. The van der Waals surface area contributed by atoms with Gasteiger partial charge in [-0.25, -0.2) is 9.18 Å². The quantitative estimate of drug-likeness (QED) is 0.887. The highest BCUT2D eigenvalue weighted by Gasteiger charge is 2.29. The molecule has 1 N–H and O–H groups in total. The van der Waals surface area contributed by atoms with E-state index in [0.717, 1.165) is 31.2 Å². The molecule has 0 radical (unpaired) electrons. The lowest BCUT2D eigenvalue weighted by molar-refractivity contribution is 0.0673. The molecule has 1 aromatic carbocycles. The minimum absolute atomic E-state index is 0.165. The number of hydrogen-bond donors (Lipinski definition) is 1. The summed E-state index contributed by atoms with van der Waals surface area (Å²) < 4.78 is 13.7. The summed E-state index contributed by atoms with van der Waals surface area (Å²) in [7, 11) is 0. The van der Waals surface area contributed by atoms with E-state index >= 15 is 0 Å². The Kier molecular flexibility index (Phi) is 6.04. The summed E-state index contributed by atoms with van der Waals surface area (Å²) in [6.45, 7) is 4.68. The molecule has 1 aliphatic heterocycles. The lowest BCUT2D eigenvalue weighted by Gasteiger charge is -2.30. The van der Waals surface area contributed by atoms with Crippen LogP contribution in [0.5, 0.6) is 0 Å². The summed E-state index contributed by atoms with van der Waals surface area (Å²) in [5, 5.41) is 0. The predicted octanol–water partition coefficient (Wildman–Crippen LogP) is 3.87. The normalized spacial score (nSPS) is 17.8. The molecule has 0 saturated carbocycles. The maximum atomic E-state index is 13.7. The fourth-order valence-electron chi connectivity index (χ4n) is 3.73. The van der Waals surface area contributed by atoms with Crippen LogP contribution in [0.3, 0.4) is 0 Å². The first kappa shape index (κ1) is 19.3.